The van der Waals surface area contributed by atoms with E-state index in [1.54, 1.807) is 0 Å². The van der Waals surface area contributed by atoms with Crippen LogP contribution in [0.3, 0.4) is 0 Å². The number of nitrogens with zero attached hydrogens (tertiary/aromatic N) is 1. The van der Waals surface area contributed by atoms with Crippen LogP contribution in [0.1, 0.15) is 39.0 Å². The van der Waals surface area contributed by atoms with Gasteiger partial charge in [0, 0.05) is 12.2 Å². The molecule has 0 saturated heterocycles. The van der Waals surface area contributed by atoms with E-state index in [4.69, 9.17) is 0 Å². The van der Waals surface area contributed by atoms with E-state index in [0.29, 0.717) is 11.8 Å². The second kappa shape index (κ2) is 6.33. The number of aryl methyl sites for hydroxylation is 1. The molecule has 3 nitrogen and oxygen atoms in total. The Morgan fingerprint density at radius 2 is 1.67 bits per heavy atom. The highest BCUT2D eigenvalue weighted by molar-refractivity contribution is 5.65. The molecule has 0 aliphatic rings. The molecule has 2 aromatic rings. The Labute approximate surface area is 127 Å². The molecule has 0 spiro atoms. The summed E-state index contributed by atoms with van der Waals surface area (Å²) < 4.78 is 2.04. The molecule has 0 bridgehead atoms. The van der Waals surface area contributed by atoms with E-state index in [1.165, 1.54) is 5.56 Å². The summed E-state index contributed by atoms with van der Waals surface area (Å²) in [5, 5.41) is 3.02. The number of H-pyrrole nitrogens is 1. The van der Waals surface area contributed by atoms with Crippen molar-refractivity contribution in [2.45, 2.75) is 47.6 Å². The Balaban J connectivity index is 2.55. The summed E-state index contributed by atoms with van der Waals surface area (Å²) in [6.45, 7) is 11.6. The van der Waals surface area contributed by atoms with Crippen molar-refractivity contribution in [1.29, 1.82) is 0 Å². The van der Waals surface area contributed by atoms with E-state index >= 15 is 0 Å². The highest BCUT2D eigenvalue weighted by Crippen LogP contribution is 2.23. The molecule has 21 heavy (non-hydrogen) atoms. The summed E-state index contributed by atoms with van der Waals surface area (Å²) in [6.07, 6.45) is 0.911. The van der Waals surface area contributed by atoms with Crippen LogP contribution >= 0.6 is 0 Å². The number of benzene rings is 1. The molecular formula is C18H26N2O. The van der Waals surface area contributed by atoms with Gasteiger partial charge in [-0.1, -0.05) is 57.5 Å². The minimum Gasteiger partial charge on any atom is -0.288 e. The summed E-state index contributed by atoms with van der Waals surface area (Å²) >= 11 is 0. The van der Waals surface area contributed by atoms with Crippen molar-refractivity contribution in [1.82, 2.24) is 9.78 Å². The lowest BCUT2D eigenvalue weighted by Gasteiger charge is -2.14. The third-order valence-corrected chi connectivity index (χ3v) is 3.57. The lowest BCUT2D eigenvalue weighted by Crippen LogP contribution is -2.12. The number of nitrogens with one attached hydrogen (secondary N) is 1. The lowest BCUT2D eigenvalue weighted by molar-refractivity contribution is 0.456. The van der Waals surface area contributed by atoms with Crippen molar-refractivity contribution in [2.75, 3.05) is 0 Å². The molecule has 0 saturated carbocycles. The Morgan fingerprint density at radius 3 is 2.19 bits per heavy atom. The highest BCUT2D eigenvalue weighted by atomic mass is 16.1. The van der Waals surface area contributed by atoms with Crippen molar-refractivity contribution >= 4 is 0 Å². The molecule has 1 N–H and O–H groups in total. The standard InChI is InChI=1S/C18H26N2O/c1-12(2)10-16-17(15-8-6-14(5)7-9-15)18(21)19-20(16)11-13(3)4/h6-9,12-13H,10-11H2,1-5H3,(H,19,21). The second-order valence-electron chi connectivity index (χ2n) is 6.73. The zero-order valence-electron chi connectivity index (χ0n) is 13.7. The molecule has 1 aromatic heterocycles. The average molecular weight is 286 g/mol. The molecule has 0 aliphatic carbocycles. The van der Waals surface area contributed by atoms with E-state index < -0.39 is 0 Å². The smallest absolute Gasteiger partial charge is 0.272 e. The zero-order chi connectivity index (χ0) is 15.6. The predicted molar refractivity (Wildman–Crippen MR) is 88.6 cm³/mol. The SMILES string of the molecule is Cc1ccc(-c2c(CC(C)C)n(CC(C)C)[nH]c2=O)cc1. The third-order valence-electron chi connectivity index (χ3n) is 3.57. The first-order valence-electron chi connectivity index (χ1n) is 7.77. The Hall–Kier alpha value is -1.77. The first-order chi connectivity index (χ1) is 9.88. The van der Waals surface area contributed by atoms with Gasteiger partial charge in [0.2, 0.25) is 0 Å². The van der Waals surface area contributed by atoms with E-state index in [1.807, 2.05) is 16.8 Å². The van der Waals surface area contributed by atoms with Crippen LogP contribution < -0.4 is 5.56 Å². The molecule has 2 rings (SSSR count). The van der Waals surface area contributed by atoms with Gasteiger partial charge in [0.25, 0.3) is 5.56 Å². The van der Waals surface area contributed by atoms with Gasteiger partial charge in [-0.3, -0.25) is 14.6 Å². The number of hydrogen-bond donors (Lipinski definition) is 1. The highest BCUT2D eigenvalue weighted by Gasteiger charge is 2.18. The van der Waals surface area contributed by atoms with Gasteiger partial charge in [-0.25, -0.2) is 0 Å². The predicted octanol–water partition coefficient (Wildman–Crippen LogP) is 4.01. The lowest BCUT2D eigenvalue weighted by atomic mass is 9.99. The number of aromatic nitrogens is 2. The topological polar surface area (TPSA) is 37.8 Å². The van der Waals surface area contributed by atoms with E-state index in [2.05, 4.69) is 51.9 Å². The first-order valence-corrected chi connectivity index (χ1v) is 7.77. The van der Waals surface area contributed by atoms with E-state index in [-0.39, 0.29) is 5.56 Å². The molecule has 0 unspecified atom stereocenters. The maximum Gasteiger partial charge on any atom is 0.272 e. The Kier molecular flexibility index (Phi) is 4.71. The largest absolute Gasteiger partial charge is 0.288 e. The zero-order valence-corrected chi connectivity index (χ0v) is 13.7. The third kappa shape index (κ3) is 3.66. The molecule has 0 fully saturated rings. The van der Waals surface area contributed by atoms with Crippen LogP contribution in [0.25, 0.3) is 11.1 Å². The van der Waals surface area contributed by atoms with Gasteiger partial charge in [0.05, 0.1) is 5.56 Å². The number of aromatic amines is 1. The van der Waals surface area contributed by atoms with Crippen LogP contribution in [-0.2, 0) is 13.0 Å². The number of rotatable bonds is 5. The molecule has 3 heteroatoms. The molecule has 0 amide bonds. The van der Waals surface area contributed by atoms with Crippen LogP contribution in [-0.4, -0.2) is 9.78 Å². The van der Waals surface area contributed by atoms with Gasteiger partial charge in [-0.15, -0.1) is 0 Å². The molecule has 0 radical (unpaired) electrons. The molecule has 0 aliphatic heterocycles. The fourth-order valence-electron chi connectivity index (χ4n) is 2.65. The molecular weight excluding hydrogens is 260 g/mol. The minimum absolute atomic E-state index is 0.0233. The van der Waals surface area contributed by atoms with E-state index in [9.17, 15) is 4.79 Å². The normalized spacial score (nSPS) is 11.6. The van der Waals surface area contributed by atoms with Crippen molar-refractivity contribution in [3.8, 4) is 11.1 Å². The second-order valence-corrected chi connectivity index (χ2v) is 6.73. The fraction of sp³-hybridized carbons (Fsp3) is 0.500. The van der Waals surface area contributed by atoms with Crippen LogP contribution in [0.4, 0.5) is 0 Å². The van der Waals surface area contributed by atoms with Gasteiger partial charge >= 0.3 is 0 Å². The monoisotopic (exact) mass is 286 g/mol. The maximum atomic E-state index is 12.4. The fourth-order valence-corrected chi connectivity index (χ4v) is 2.65. The summed E-state index contributed by atoms with van der Waals surface area (Å²) in [4.78, 5) is 12.4. The Morgan fingerprint density at radius 1 is 1.05 bits per heavy atom. The van der Waals surface area contributed by atoms with Crippen LogP contribution in [0.2, 0.25) is 0 Å². The van der Waals surface area contributed by atoms with Crippen molar-refractivity contribution in [3.05, 3.63) is 45.9 Å². The summed E-state index contributed by atoms with van der Waals surface area (Å²) in [5.41, 5.74) is 4.22. The van der Waals surface area contributed by atoms with Crippen LogP contribution in [0.5, 0.6) is 0 Å². The minimum atomic E-state index is 0.0233. The van der Waals surface area contributed by atoms with Gasteiger partial charge in [0.15, 0.2) is 0 Å². The van der Waals surface area contributed by atoms with Gasteiger partial charge < -0.3 is 0 Å². The Bertz CT molecular complexity index is 645. The van der Waals surface area contributed by atoms with Crippen LogP contribution in [0.15, 0.2) is 29.1 Å². The average Bonchev–Trinajstić information content (AvgIpc) is 2.65. The maximum absolute atomic E-state index is 12.4. The first kappa shape index (κ1) is 15.6. The summed E-state index contributed by atoms with van der Waals surface area (Å²) in [7, 11) is 0. The van der Waals surface area contributed by atoms with Crippen LogP contribution in [0, 0.1) is 18.8 Å². The van der Waals surface area contributed by atoms with Crippen molar-refractivity contribution < 1.29 is 0 Å². The molecule has 0 atom stereocenters. The molecule has 1 aromatic carbocycles. The summed E-state index contributed by atoms with van der Waals surface area (Å²) in [5.74, 6) is 1.02. The molecule has 1 heterocycles. The quantitative estimate of drug-likeness (QED) is 0.886. The van der Waals surface area contributed by atoms with Gasteiger partial charge in [0.1, 0.15) is 0 Å². The summed E-state index contributed by atoms with van der Waals surface area (Å²) in [6, 6.07) is 8.22. The van der Waals surface area contributed by atoms with Gasteiger partial charge in [-0.05, 0) is 30.7 Å². The molecule has 114 valence electrons. The van der Waals surface area contributed by atoms with E-state index in [0.717, 1.165) is 29.8 Å². The van der Waals surface area contributed by atoms with Gasteiger partial charge in [-0.2, -0.15) is 0 Å². The van der Waals surface area contributed by atoms with Crippen molar-refractivity contribution in [2.24, 2.45) is 11.8 Å². The number of hydrogen-bond acceptors (Lipinski definition) is 1. The van der Waals surface area contributed by atoms with Crippen molar-refractivity contribution in [3.63, 3.8) is 0 Å².